The molecule has 0 bridgehead atoms. The molecule has 6 nitrogen and oxygen atoms in total. The summed E-state index contributed by atoms with van der Waals surface area (Å²) in [5, 5.41) is 7.87. The number of carbonyl (C=O) groups excluding carboxylic acids is 1. The van der Waals surface area contributed by atoms with E-state index in [2.05, 4.69) is 10.1 Å². The monoisotopic (exact) mass is 357 g/mol. The van der Waals surface area contributed by atoms with Crippen molar-refractivity contribution < 1.29 is 14.1 Å². The summed E-state index contributed by atoms with van der Waals surface area (Å²) in [7, 11) is 3.40. The molecular weight excluding hydrogens is 338 g/mol. The SMILES string of the molecule is COc1ccccc1CN(C)C(=O)CCc1nc(-c2ccsc2)no1. The number of thiophene rings is 1. The highest BCUT2D eigenvalue weighted by Gasteiger charge is 2.15. The Labute approximate surface area is 150 Å². The van der Waals surface area contributed by atoms with Gasteiger partial charge in [0.05, 0.1) is 7.11 Å². The number of hydrogen-bond acceptors (Lipinski definition) is 6. The molecule has 1 amide bonds. The Kier molecular flexibility index (Phi) is 5.45. The highest BCUT2D eigenvalue weighted by atomic mass is 32.1. The lowest BCUT2D eigenvalue weighted by molar-refractivity contribution is -0.130. The fourth-order valence-electron chi connectivity index (χ4n) is 2.45. The fraction of sp³-hybridized carbons (Fsp3) is 0.278. The first-order chi connectivity index (χ1) is 12.2. The minimum Gasteiger partial charge on any atom is -0.496 e. The predicted octanol–water partition coefficient (Wildman–Crippen LogP) is 3.40. The summed E-state index contributed by atoms with van der Waals surface area (Å²) < 4.78 is 10.5. The highest BCUT2D eigenvalue weighted by molar-refractivity contribution is 7.08. The lowest BCUT2D eigenvalue weighted by Gasteiger charge is -2.18. The summed E-state index contributed by atoms with van der Waals surface area (Å²) in [6.45, 7) is 0.493. The first-order valence-electron chi connectivity index (χ1n) is 7.88. The van der Waals surface area contributed by atoms with Crippen molar-refractivity contribution in [1.29, 1.82) is 0 Å². The van der Waals surface area contributed by atoms with Gasteiger partial charge in [0, 0.05) is 42.9 Å². The molecule has 0 N–H and O–H groups in total. The third-order valence-corrected chi connectivity index (χ3v) is 4.51. The van der Waals surface area contributed by atoms with Crippen molar-refractivity contribution in [3.63, 3.8) is 0 Å². The fourth-order valence-corrected chi connectivity index (χ4v) is 3.08. The number of benzene rings is 1. The zero-order valence-electron chi connectivity index (χ0n) is 14.1. The van der Waals surface area contributed by atoms with Crippen LogP contribution in [0.15, 0.2) is 45.6 Å². The smallest absolute Gasteiger partial charge is 0.227 e. The van der Waals surface area contributed by atoms with Gasteiger partial charge in [0.2, 0.25) is 17.6 Å². The van der Waals surface area contributed by atoms with Gasteiger partial charge in [-0.2, -0.15) is 16.3 Å². The highest BCUT2D eigenvalue weighted by Crippen LogP contribution is 2.20. The van der Waals surface area contributed by atoms with Crippen molar-refractivity contribution in [1.82, 2.24) is 15.0 Å². The molecule has 0 aliphatic carbocycles. The average molecular weight is 357 g/mol. The molecule has 7 heteroatoms. The zero-order chi connectivity index (χ0) is 17.6. The second kappa shape index (κ2) is 7.94. The van der Waals surface area contributed by atoms with E-state index in [1.165, 1.54) is 0 Å². The lowest BCUT2D eigenvalue weighted by Crippen LogP contribution is -2.26. The van der Waals surface area contributed by atoms with Gasteiger partial charge in [0.25, 0.3) is 0 Å². The van der Waals surface area contributed by atoms with Crippen molar-refractivity contribution >= 4 is 17.2 Å². The van der Waals surface area contributed by atoms with Crippen LogP contribution in [0.2, 0.25) is 0 Å². The Balaban J connectivity index is 1.55. The van der Waals surface area contributed by atoms with Crippen LogP contribution in [0.1, 0.15) is 17.9 Å². The maximum atomic E-state index is 12.4. The van der Waals surface area contributed by atoms with Crippen molar-refractivity contribution in [3.8, 4) is 17.1 Å². The van der Waals surface area contributed by atoms with E-state index in [0.717, 1.165) is 16.9 Å². The van der Waals surface area contributed by atoms with Gasteiger partial charge in [-0.15, -0.1) is 0 Å². The maximum Gasteiger partial charge on any atom is 0.227 e. The van der Waals surface area contributed by atoms with Gasteiger partial charge >= 0.3 is 0 Å². The molecule has 1 aromatic carbocycles. The average Bonchev–Trinajstić information content (AvgIpc) is 3.31. The Morgan fingerprint density at radius 3 is 2.92 bits per heavy atom. The molecule has 0 saturated heterocycles. The van der Waals surface area contributed by atoms with E-state index in [-0.39, 0.29) is 5.91 Å². The molecule has 0 aliphatic heterocycles. The quantitative estimate of drug-likeness (QED) is 0.648. The van der Waals surface area contributed by atoms with E-state index in [1.54, 1.807) is 30.4 Å². The van der Waals surface area contributed by atoms with E-state index in [9.17, 15) is 4.79 Å². The van der Waals surface area contributed by atoms with Crippen molar-refractivity contribution in [2.45, 2.75) is 19.4 Å². The van der Waals surface area contributed by atoms with E-state index in [0.29, 0.717) is 31.1 Å². The molecule has 0 saturated carbocycles. The summed E-state index contributed by atoms with van der Waals surface area (Å²) in [4.78, 5) is 18.4. The van der Waals surface area contributed by atoms with Crippen molar-refractivity contribution in [2.24, 2.45) is 0 Å². The first kappa shape index (κ1) is 17.2. The third kappa shape index (κ3) is 4.24. The van der Waals surface area contributed by atoms with Crippen molar-refractivity contribution in [2.75, 3.05) is 14.2 Å². The van der Waals surface area contributed by atoms with Crippen LogP contribution in [0.5, 0.6) is 5.75 Å². The summed E-state index contributed by atoms with van der Waals surface area (Å²) in [6.07, 6.45) is 0.739. The molecule has 2 aromatic heterocycles. The maximum absolute atomic E-state index is 12.4. The molecule has 3 rings (SSSR count). The Bertz CT molecular complexity index is 830. The van der Waals surface area contributed by atoms with Crippen LogP contribution >= 0.6 is 11.3 Å². The first-order valence-corrected chi connectivity index (χ1v) is 8.82. The molecule has 0 spiro atoms. The Morgan fingerprint density at radius 2 is 2.16 bits per heavy atom. The molecular formula is C18H19N3O3S. The van der Waals surface area contributed by atoms with Gasteiger partial charge in [0.15, 0.2) is 0 Å². The molecule has 0 atom stereocenters. The Hall–Kier alpha value is -2.67. The Morgan fingerprint density at radius 1 is 1.32 bits per heavy atom. The van der Waals surface area contributed by atoms with Crippen LogP contribution in [0, 0.1) is 0 Å². The number of rotatable bonds is 7. The summed E-state index contributed by atoms with van der Waals surface area (Å²) in [5.74, 6) is 1.83. The number of amides is 1. The number of nitrogens with zero attached hydrogens (tertiary/aromatic N) is 3. The van der Waals surface area contributed by atoms with Crippen LogP contribution < -0.4 is 4.74 Å². The second-order valence-electron chi connectivity index (χ2n) is 5.59. The van der Waals surface area contributed by atoms with Crippen molar-refractivity contribution in [3.05, 3.63) is 52.5 Å². The van der Waals surface area contributed by atoms with E-state index in [4.69, 9.17) is 9.26 Å². The minimum absolute atomic E-state index is 0.0150. The topological polar surface area (TPSA) is 68.5 Å². The second-order valence-corrected chi connectivity index (χ2v) is 6.37. The number of carbonyl (C=O) groups is 1. The van der Waals surface area contributed by atoms with Gasteiger partial charge in [-0.1, -0.05) is 23.4 Å². The third-order valence-electron chi connectivity index (χ3n) is 3.83. The molecule has 130 valence electrons. The summed E-state index contributed by atoms with van der Waals surface area (Å²) >= 11 is 1.58. The van der Waals surface area contributed by atoms with Crippen LogP contribution in [-0.2, 0) is 17.8 Å². The minimum atomic E-state index is 0.0150. The van der Waals surface area contributed by atoms with E-state index >= 15 is 0 Å². The van der Waals surface area contributed by atoms with Gasteiger partial charge in [-0.3, -0.25) is 4.79 Å². The number of aryl methyl sites for hydroxylation is 1. The summed E-state index contributed by atoms with van der Waals surface area (Å²) in [5.41, 5.74) is 1.90. The van der Waals surface area contributed by atoms with E-state index in [1.807, 2.05) is 41.1 Å². The number of hydrogen-bond donors (Lipinski definition) is 0. The molecule has 25 heavy (non-hydrogen) atoms. The number of aromatic nitrogens is 2. The van der Waals surface area contributed by atoms with Gasteiger partial charge < -0.3 is 14.2 Å². The largest absolute Gasteiger partial charge is 0.496 e. The molecule has 0 radical (unpaired) electrons. The van der Waals surface area contributed by atoms with Gasteiger partial charge in [-0.05, 0) is 17.5 Å². The van der Waals surface area contributed by atoms with Crippen LogP contribution in [0.3, 0.4) is 0 Å². The summed E-state index contributed by atoms with van der Waals surface area (Å²) in [6, 6.07) is 9.61. The number of ether oxygens (including phenoxy) is 1. The predicted molar refractivity (Wildman–Crippen MR) is 95.4 cm³/mol. The molecule has 3 aromatic rings. The van der Waals surface area contributed by atoms with Crippen LogP contribution in [-0.4, -0.2) is 35.1 Å². The van der Waals surface area contributed by atoms with E-state index < -0.39 is 0 Å². The zero-order valence-corrected chi connectivity index (χ0v) is 15.0. The van der Waals surface area contributed by atoms with Crippen LogP contribution in [0.4, 0.5) is 0 Å². The number of methoxy groups -OCH3 is 1. The van der Waals surface area contributed by atoms with Gasteiger partial charge in [0.1, 0.15) is 5.75 Å². The number of para-hydroxylation sites is 1. The molecule has 0 fully saturated rings. The molecule has 0 aliphatic rings. The normalized spacial score (nSPS) is 10.6. The standard InChI is InChI=1S/C18H19N3O3S/c1-21(11-13-5-3-4-6-15(13)23-2)17(22)8-7-16-19-18(20-24-16)14-9-10-25-12-14/h3-6,9-10,12H,7-8,11H2,1-2H3. The molecule has 2 heterocycles. The lowest BCUT2D eigenvalue weighted by atomic mass is 10.2. The molecule has 0 unspecified atom stereocenters. The van der Waals surface area contributed by atoms with Gasteiger partial charge in [-0.25, -0.2) is 0 Å². The van der Waals surface area contributed by atoms with Crippen LogP contribution in [0.25, 0.3) is 11.4 Å².